The molecular formula is C16H14N4O2. The summed E-state index contributed by atoms with van der Waals surface area (Å²) in [5, 5.41) is 10.8. The van der Waals surface area contributed by atoms with Crippen LogP contribution in [0.25, 0.3) is 11.5 Å². The lowest BCUT2D eigenvalue weighted by atomic mass is 10.2. The second-order valence-electron chi connectivity index (χ2n) is 4.61. The van der Waals surface area contributed by atoms with Gasteiger partial charge in [0, 0.05) is 30.9 Å². The maximum Gasteiger partial charge on any atom is 0.251 e. The van der Waals surface area contributed by atoms with Crippen molar-refractivity contribution in [2.75, 3.05) is 6.54 Å². The Balaban J connectivity index is 1.55. The highest BCUT2D eigenvalue weighted by atomic mass is 16.4. The molecule has 3 aromatic rings. The van der Waals surface area contributed by atoms with Crippen molar-refractivity contribution in [2.24, 2.45) is 0 Å². The number of carbonyl (C=O) groups is 1. The molecular weight excluding hydrogens is 280 g/mol. The van der Waals surface area contributed by atoms with Crippen LogP contribution in [-0.4, -0.2) is 27.6 Å². The Bertz CT molecular complexity index is 741. The van der Waals surface area contributed by atoms with Gasteiger partial charge in [0.2, 0.25) is 11.8 Å². The smallest absolute Gasteiger partial charge is 0.251 e. The van der Waals surface area contributed by atoms with E-state index >= 15 is 0 Å². The van der Waals surface area contributed by atoms with E-state index in [1.807, 2.05) is 24.3 Å². The normalized spacial score (nSPS) is 10.4. The van der Waals surface area contributed by atoms with Crippen molar-refractivity contribution in [1.82, 2.24) is 20.5 Å². The van der Waals surface area contributed by atoms with Gasteiger partial charge in [-0.05, 0) is 24.3 Å². The molecule has 0 aliphatic carbocycles. The van der Waals surface area contributed by atoms with Crippen LogP contribution in [0.3, 0.4) is 0 Å². The summed E-state index contributed by atoms with van der Waals surface area (Å²) in [7, 11) is 0. The van der Waals surface area contributed by atoms with Gasteiger partial charge in [-0.15, -0.1) is 10.2 Å². The molecule has 6 nitrogen and oxygen atoms in total. The van der Waals surface area contributed by atoms with Crippen LogP contribution in [0.4, 0.5) is 0 Å². The molecule has 0 aliphatic rings. The van der Waals surface area contributed by atoms with Gasteiger partial charge in [-0.25, -0.2) is 0 Å². The van der Waals surface area contributed by atoms with E-state index in [1.54, 1.807) is 30.6 Å². The first-order valence-corrected chi connectivity index (χ1v) is 6.89. The molecule has 0 saturated carbocycles. The Morgan fingerprint density at radius 3 is 2.73 bits per heavy atom. The van der Waals surface area contributed by atoms with Crippen molar-refractivity contribution >= 4 is 5.91 Å². The summed E-state index contributed by atoms with van der Waals surface area (Å²) in [6, 6.07) is 12.7. The number of hydrogen-bond donors (Lipinski definition) is 1. The molecule has 110 valence electrons. The van der Waals surface area contributed by atoms with Gasteiger partial charge >= 0.3 is 0 Å². The zero-order chi connectivity index (χ0) is 15.2. The van der Waals surface area contributed by atoms with Crippen LogP contribution < -0.4 is 5.32 Å². The molecule has 0 spiro atoms. The van der Waals surface area contributed by atoms with E-state index in [4.69, 9.17) is 4.42 Å². The molecule has 0 fully saturated rings. The summed E-state index contributed by atoms with van der Waals surface area (Å²) in [5.41, 5.74) is 1.40. The van der Waals surface area contributed by atoms with Crippen molar-refractivity contribution in [3.8, 4) is 11.5 Å². The van der Waals surface area contributed by atoms with Gasteiger partial charge in [0.15, 0.2) is 0 Å². The summed E-state index contributed by atoms with van der Waals surface area (Å²) in [5.74, 6) is 0.789. The molecule has 6 heteroatoms. The third-order valence-corrected chi connectivity index (χ3v) is 3.04. The van der Waals surface area contributed by atoms with Crippen molar-refractivity contribution < 1.29 is 9.21 Å². The number of nitrogens with one attached hydrogen (secondary N) is 1. The van der Waals surface area contributed by atoms with Crippen molar-refractivity contribution in [1.29, 1.82) is 0 Å². The predicted octanol–water partition coefficient (Wildman–Crippen LogP) is 2.10. The largest absolute Gasteiger partial charge is 0.421 e. The first-order chi connectivity index (χ1) is 10.8. The molecule has 2 heterocycles. The Morgan fingerprint density at radius 1 is 1.09 bits per heavy atom. The maximum absolute atomic E-state index is 11.9. The van der Waals surface area contributed by atoms with E-state index in [9.17, 15) is 4.79 Å². The van der Waals surface area contributed by atoms with Crippen molar-refractivity contribution in [2.45, 2.75) is 6.42 Å². The molecule has 22 heavy (non-hydrogen) atoms. The fraction of sp³-hybridized carbons (Fsp3) is 0.125. The minimum atomic E-state index is -0.118. The van der Waals surface area contributed by atoms with E-state index < -0.39 is 0 Å². The lowest BCUT2D eigenvalue weighted by molar-refractivity contribution is 0.0953. The van der Waals surface area contributed by atoms with Crippen molar-refractivity contribution in [3.05, 3.63) is 66.3 Å². The Kier molecular flexibility index (Phi) is 4.20. The van der Waals surface area contributed by atoms with E-state index in [1.165, 1.54) is 0 Å². The Labute approximate surface area is 127 Å². The highest BCUT2D eigenvalue weighted by molar-refractivity contribution is 5.94. The topological polar surface area (TPSA) is 80.9 Å². The average molecular weight is 294 g/mol. The molecule has 0 saturated heterocycles. The molecule has 2 aromatic heterocycles. The van der Waals surface area contributed by atoms with Gasteiger partial charge in [-0.2, -0.15) is 0 Å². The molecule has 0 radical (unpaired) electrons. The Hall–Kier alpha value is -3.02. The molecule has 0 bridgehead atoms. The summed E-state index contributed by atoms with van der Waals surface area (Å²) < 4.78 is 5.54. The van der Waals surface area contributed by atoms with Crippen LogP contribution in [0.15, 0.2) is 59.3 Å². The Morgan fingerprint density at radius 2 is 1.95 bits per heavy atom. The van der Waals surface area contributed by atoms with Crippen molar-refractivity contribution in [3.63, 3.8) is 0 Å². The van der Waals surface area contributed by atoms with Gasteiger partial charge in [0.25, 0.3) is 5.91 Å². The van der Waals surface area contributed by atoms with E-state index in [-0.39, 0.29) is 5.91 Å². The zero-order valence-electron chi connectivity index (χ0n) is 11.8. The fourth-order valence-electron chi connectivity index (χ4n) is 1.94. The number of hydrogen-bond acceptors (Lipinski definition) is 5. The summed E-state index contributed by atoms with van der Waals surface area (Å²) in [6.07, 6.45) is 3.82. The number of amides is 1. The number of benzene rings is 1. The maximum atomic E-state index is 11.9. The van der Waals surface area contributed by atoms with Gasteiger partial charge < -0.3 is 9.73 Å². The SMILES string of the molecule is O=C(NCCc1nnc(-c2cccnc2)o1)c1ccccc1. The molecule has 0 aliphatic heterocycles. The summed E-state index contributed by atoms with van der Waals surface area (Å²) in [4.78, 5) is 15.9. The molecule has 3 rings (SSSR count). The van der Waals surface area contributed by atoms with E-state index in [0.29, 0.717) is 30.3 Å². The van der Waals surface area contributed by atoms with Crippen LogP contribution in [0.5, 0.6) is 0 Å². The monoisotopic (exact) mass is 294 g/mol. The van der Waals surface area contributed by atoms with Gasteiger partial charge in [0.05, 0.1) is 5.56 Å². The molecule has 1 aromatic carbocycles. The third kappa shape index (κ3) is 3.35. The van der Waals surface area contributed by atoms with Crippen LogP contribution in [0.2, 0.25) is 0 Å². The van der Waals surface area contributed by atoms with Crippen LogP contribution >= 0.6 is 0 Å². The highest BCUT2D eigenvalue weighted by Gasteiger charge is 2.09. The number of pyridine rings is 1. The number of nitrogens with zero attached hydrogens (tertiary/aromatic N) is 3. The highest BCUT2D eigenvalue weighted by Crippen LogP contribution is 2.15. The minimum absolute atomic E-state index is 0.118. The fourth-order valence-corrected chi connectivity index (χ4v) is 1.94. The van der Waals surface area contributed by atoms with Gasteiger partial charge in [-0.3, -0.25) is 9.78 Å². The van der Waals surface area contributed by atoms with Crippen LogP contribution in [0.1, 0.15) is 16.2 Å². The third-order valence-electron chi connectivity index (χ3n) is 3.04. The standard InChI is InChI=1S/C16H14N4O2/c21-15(12-5-2-1-3-6-12)18-10-8-14-19-20-16(22-14)13-7-4-9-17-11-13/h1-7,9,11H,8,10H2,(H,18,21). The quantitative estimate of drug-likeness (QED) is 0.779. The van der Waals surface area contributed by atoms with E-state index in [0.717, 1.165) is 5.56 Å². The average Bonchev–Trinajstić information content (AvgIpc) is 3.05. The zero-order valence-corrected chi connectivity index (χ0v) is 11.8. The number of rotatable bonds is 5. The van der Waals surface area contributed by atoms with E-state index in [2.05, 4.69) is 20.5 Å². The lowest BCUT2D eigenvalue weighted by Crippen LogP contribution is -2.25. The first kappa shape index (κ1) is 13.9. The summed E-state index contributed by atoms with van der Waals surface area (Å²) in [6.45, 7) is 0.433. The van der Waals surface area contributed by atoms with Gasteiger partial charge in [-0.1, -0.05) is 18.2 Å². The second kappa shape index (κ2) is 6.62. The number of carbonyl (C=O) groups excluding carboxylic acids is 1. The molecule has 1 N–H and O–H groups in total. The number of aromatic nitrogens is 3. The van der Waals surface area contributed by atoms with Gasteiger partial charge in [0.1, 0.15) is 0 Å². The minimum Gasteiger partial charge on any atom is -0.421 e. The molecule has 0 atom stereocenters. The molecule has 1 amide bonds. The first-order valence-electron chi connectivity index (χ1n) is 6.89. The predicted molar refractivity (Wildman–Crippen MR) is 80.0 cm³/mol. The summed E-state index contributed by atoms with van der Waals surface area (Å²) >= 11 is 0. The second-order valence-corrected chi connectivity index (χ2v) is 4.61. The van der Waals surface area contributed by atoms with Crippen LogP contribution in [-0.2, 0) is 6.42 Å². The molecule has 0 unspecified atom stereocenters. The lowest BCUT2D eigenvalue weighted by Gasteiger charge is -2.02. The van der Waals surface area contributed by atoms with Crippen LogP contribution in [0, 0.1) is 0 Å².